The van der Waals surface area contributed by atoms with Crippen LogP contribution in [0.2, 0.25) is 0 Å². The quantitative estimate of drug-likeness (QED) is 0.749. The van der Waals surface area contributed by atoms with E-state index in [1.165, 1.54) is 0 Å². The molecule has 1 aliphatic carbocycles. The average Bonchev–Trinajstić information content (AvgIpc) is 3.38. The second-order valence-corrected chi connectivity index (χ2v) is 6.00. The number of aryl methyl sites for hydroxylation is 1. The molecule has 0 bridgehead atoms. The van der Waals surface area contributed by atoms with Crippen LogP contribution in [0, 0.1) is 19.3 Å². The topological polar surface area (TPSA) is 68.0 Å². The van der Waals surface area contributed by atoms with E-state index >= 15 is 0 Å². The van der Waals surface area contributed by atoms with Gasteiger partial charge in [0.15, 0.2) is 0 Å². The zero-order valence-electron chi connectivity index (χ0n) is 13.2. The molecule has 5 heteroatoms. The van der Waals surface area contributed by atoms with Crippen molar-refractivity contribution in [2.24, 2.45) is 0 Å². The lowest BCUT2D eigenvalue weighted by Crippen LogP contribution is -2.13. The third-order valence-electron chi connectivity index (χ3n) is 4.16. The predicted molar refractivity (Wildman–Crippen MR) is 90.8 cm³/mol. The van der Waals surface area contributed by atoms with Gasteiger partial charge in [0.2, 0.25) is 0 Å². The number of aromatic nitrogens is 2. The Morgan fingerprint density at radius 3 is 2.96 bits per heavy atom. The Morgan fingerprint density at radius 2 is 2.21 bits per heavy atom. The molecule has 1 fully saturated rings. The Hall–Kier alpha value is -3.13. The lowest BCUT2D eigenvalue weighted by Gasteiger charge is -2.08. The largest absolute Gasteiger partial charge is 0.336 e. The van der Waals surface area contributed by atoms with Crippen LogP contribution in [-0.2, 0) is 0 Å². The summed E-state index contributed by atoms with van der Waals surface area (Å²) in [7, 11) is 0. The standard InChI is InChI=1S/C19H15N3O2/c1-3-12-5-4-6-14(9-12)20-18(23)15-10-16(13-7-8-13)21-19-17(15)11(2)22-24-19/h1,4-6,9-10,13H,7-8H2,2H3,(H,20,23). The van der Waals surface area contributed by atoms with Crippen molar-refractivity contribution in [1.29, 1.82) is 0 Å². The van der Waals surface area contributed by atoms with Gasteiger partial charge in [-0.25, -0.2) is 4.98 Å². The molecule has 2 aromatic heterocycles. The highest BCUT2D eigenvalue weighted by Crippen LogP contribution is 2.40. The summed E-state index contributed by atoms with van der Waals surface area (Å²) in [6.45, 7) is 1.81. The van der Waals surface area contributed by atoms with Gasteiger partial charge in [0.1, 0.15) is 0 Å². The zero-order chi connectivity index (χ0) is 16.7. The molecule has 0 saturated heterocycles. The molecule has 1 saturated carbocycles. The summed E-state index contributed by atoms with van der Waals surface area (Å²) in [4.78, 5) is 17.3. The molecule has 3 aromatic rings. The lowest BCUT2D eigenvalue weighted by atomic mass is 10.1. The van der Waals surface area contributed by atoms with Crippen LogP contribution in [-0.4, -0.2) is 16.0 Å². The van der Waals surface area contributed by atoms with Crippen molar-refractivity contribution in [3.8, 4) is 12.3 Å². The van der Waals surface area contributed by atoms with E-state index in [1.54, 1.807) is 19.1 Å². The number of hydrogen-bond donors (Lipinski definition) is 1. The summed E-state index contributed by atoms with van der Waals surface area (Å²) < 4.78 is 5.28. The first-order valence-electron chi connectivity index (χ1n) is 7.80. The fraction of sp³-hybridized carbons (Fsp3) is 0.211. The van der Waals surface area contributed by atoms with Crippen LogP contribution in [0.3, 0.4) is 0 Å². The molecule has 5 nitrogen and oxygen atoms in total. The number of nitrogens with zero attached hydrogens (tertiary/aromatic N) is 2. The van der Waals surface area contributed by atoms with Gasteiger partial charge in [0, 0.05) is 22.9 Å². The first-order chi connectivity index (χ1) is 11.7. The molecule has 1 amide bonds. The van der Waals surface area contributed by atoms with Crippen molar-refractivity contribution in [2.45, 2.75) is 25.7 Å². The minimum Gasteiger partial charge on any atom is -0.336 e. The number of terminal acetylenes is 1. The molecule has 1 N–H and O–H groups in total. The summed E-state index contributed by atoms with van der Waals surface area (Å²) in [5.74, 6) is 2.76. The molecule has 24 heavy (non-hydrogen) atoms. The second-order valence-electron chi connectivity index (χ2n) is 6.00. The number of anilines is 1. The molecule has 0 aliphatic heterocycles. The highest BCUT2D eigenvalue weighted by molar-refractivity contribution is 6.12. The van der Waals surface area contributed by atoms with E-state index in [9.17, 15) is 4.79 Å². The number of rotatable bonds is 3. The predicted octanol–water partition coefficient (Wildman–Crippen LogP) is 3.64. The smallest absolute Gasteiger partial charge is 0.259 e. The minimum absolute atomic E-state index is 0.218. The fourth-order valence-corrected chi connectivity index (χ4v) is 2.77. The maximum absolute atomic E-state index is 12.8. The van der Waals surface area contributed by atoms with Crippen molar-refractivity contribution < 1.29 is 9.32 Å². The Labute approximate surface area is 139 Å². The SMILES string of the molecule is C#Cc1cccc(NC(=O)c2cc(C3CC3)nc3onc(C)c23)c1. The molecule has 4 rings (SSSR count). The van der Waals surface area contributed by atoms with E-state index in [-0.39, 0.29) is 5.91 Å². The maximum Gasteiger partial charge on any atom is 0.259 e. The van der Waals surface area contributed by atoms with Crippen molar-refractivity contribution in [3.63, 3.8) is 0 Å². The Morgan fingerprint density at radius 1 is 1.38 bits per heavy atom. The molecular formula is C19H15N3O2. The third-order valence-corrected chi connectivity index (χ3v) is 4.16. The maximum atomic E-state index is 12.8. The summed E-state index contributed by atoms with van der Waals surface area (Å²) in [5, 5.41) is 7.50. The minimum atomic E-state index is -0.218. The fourth-order valence-electron chi connectivity index (χ4n) is 2.77. The summed E-state index contributed by atoms with van der Waals surface area (Å²) in [6.07, 6.45) is 7.60. The van der Waals surface area contributed by atoms with Gasteiger partial charge in [0.05, 0.1) is 16.6 Å². The highest BCUT2D eigenvalue weighted by atomic mass is 16.5. The van der Waals surface area contributed by atoms with Crippen molar-refractivity contribution in [1.82, 2.24) is 10.1 Å². The molecule has 0 unspecified atom stereocenters. The number of benzene rings is 1. The van der Waals surface area contributed by atoms with Gasteiger partial charge in [-0.2, -0.15) is 0 Å². The van der Waals surface area contributed by atoms with Crippen molar-refractivity contribution in [3.05, 3.63) is 52.8 Å². The Bertz CT molecular complexity index is 994. The van der Waals surface area contributed by atoms with Gasteiger partial charge in [-0.1, -0.05) is 17.1 Å². The second kappa shape index (κ2) is 5.50. The number of nitrogens with one attached hydrogen (secondary N) is 1. The highest BCUT2D eigenvalue weighted by Gasteiger charge is 2.28. The van der Waals surface area contributed by atoms with Crippen LogP contribution in [0.5, 0.6) is 0 Å². The number of pyridine rings is 1. The monoisotopic (exact) mass is 317 g/mol. The van der Waals surface area contributed by atoms with Crippen LogP contribution < -0.4 is 5.32 Å². The molecular weight excluding hydrogens is 302 g/mol. The van der Waals surface area contributed by atoms with E-state index in [1.807, 2.05) is 18.2 Å². The van der Waals surface area contributed by atoms with Gasteiger partial charge in [-0.15, -0.1) is 6.42 Å². The first kappa shape index (κ1) is 14.5. The number of fused-ring (bicyclic) bond motifs is 1. The van der Waals surface area contributed by atoms with Gasteiger partial charge < -0.3 is 9.84 Å². The average molecular weight is 317 g/mol. The van der Waals surface area contributed by atoms with Crippen LogP contribution in [0.4, 0.5) is 5.69 Å². The summed E-state index contributed by atoms with van der Waals surface area (Å²) >= 11 is 0. The molecule has 0 radical (unpaired) electrons. The van der Waals surface area contributed by atoms with Crippen LogP contribution in [0.25, 0.3) is 11.1 Å². The van der Waals surface area contributed by atoms with E-state index < -0.39 is 0 Å². The lowest BCUT2D eigenvalue weighted by molar-refractivity contribution is 0.102. The van der Waals surface area contributed by atoms with E-state index in [0.29, 0.717) is 39.5 Å². The van der Waals surface area contributed by atoms with Crippen LogP contribution >= 0.6 is 0 Å². The first-order valence-corrected chi connectivity index (χ1v) is 7.80. The third kappa shape index (κ3) is 2.52. The van der Waals surface area contributed by atoms with Crippen LogP contribution in [0.15, 0.2) is 34.9 Å². The number of carbonyl (C=O) groups excluding carboxylic acids is 1. The van der Waals surface area contributed by atoms with E-state index in [2.05, 4.69) is 21.4 Å². The van der Waals surface area contributed by atoms with Gasteiger partial charge >= 0.3 is 0 Å². The van der Waals surface area contributed by atoms with Gasteiger partial charge in [-0.3, -0.25) is 4.79 Å². The molecule has 1 aromatic carbocycles. The molecule has 1 aliphatic rings. The normalized spacial score (nSPS) is 13.7. The van der Waals surface area contributed by atoms with Crippen molar-refractivity contribution in [2.75, 3.05) is 5.32 Å². The molecule has 2 heterocycles. The molecule has 0 atom stereocenters. The van der Waals surface area contributed by atoms with E-state index in [0.717, 1.165) is 18.5 Å². The van der Waals surface area contributed by atoms with Crippen molar-refractivity contribution >= 4 is 22.7 Å². The van der Waals surface area contributed by atoms with Gasteiger partial charge in [0.25, 0.3) is 11.6 Å². The van der Waals surface area contributed by atoms with E-state index in [4.69, 9.17) is 10.9 Å². The molecule has 118 valence electrons. The number of amides is 1. The molecule has 0 spiro atoms. The summed E-state index contributed by atoms with van der Waals surface area (Å²) in [6, 6.07) is 9.05. The Kier molecular flexibility index (Phi) is 3.31. The van der Waals surface area contributed by atoms with Crippen LogP contribution in [0.1, 0.15) is 46.1 Å². The summed E-state index contributed by atoms with van der Waals surface area (Å²) in [5.41, 5.74) is 3.87. The number of carbonyl (C=O) groups is 1. The van der Waals surface area contributed by atoms with Gasteiger partial charge in [-0.05, 0) is 44.0 Å². The zero-order valence-corrected chi connectivity index (χ0v) is 13.2. The number of hydrogen-bond acceptors (Lipinski definition) is 4. The Balaban J connectivity index is 1.75.